The molecule has 0 atom stereocenters. The highest BCUT2D eigenvalue weighted by Crippen LogP contribution is 2.23. The monoisotopic (exact) mass is 333 g/mol. The Bertz CT molecular complexity index is 896. The smallest absolute Gasteiger partial charge is 0.122 e. The SMILES string of the molecule is CC#Cc1ccc(-c2cn(Cc3cc(OC)cc(OC)c3)nn2)cc1. The molecule has 0 fully saturated rings. The van der Waals surface area contributed by atoms with Crippen molar-refractivity contribution in [3.8, 4) is 34.6 Å². The topological polar surface area (TPSA) is 49.2 Å². The van der Waals surface area contributed by atoms with Crippen LogP contribution in [0.1, 0.15) is 18.1 Å². The number of aromatic nitrogens is 3. The predicted molar refractivity (Wildman–Crippen MR) is 96.7 cm³/mol. The molecule has 0 saturated carbocycles. The number of ether oxygens (including phenoxy) is 2. The van der Waals surface area contributed by atoms with Gasteiger partial charge >= 0.3 is 0 Å². The second kappa shape index (κ2) is 7.54. The van der Waals surface area contributed by atoms with E-state index >= 15 is 0 Å². The maximum absolute atomic E-state index is 5.30. The van der Waals surface area contributed by atoms with Gasteiger partial charge in [0.1, 0.15) is 17.2 Å². The van der Waals surface area contributed by atoms with Gasteiger partial charge < -0.3 is 9.47 Å². The second-order valence-corrected chi connectivity index (χ2v) is 5.47. The van der Waals surface area contributed by atoms with Crippen LogP contribution in [-0.2, 0) is 6.54 Å². The lowest BCUT2D eigenvalue weighted by atomic mass is 10.1. The molecule has 1 aromatic heterocycles. The van der Waals surface area contributed by atoms with Gasteiger partial charge in [0.2, 0.25) is 0 Å². The van der Waals surface area contributed by atoms with Crippen LogP contribution in [0.5, 0.6) is 11.5 Å². The summed E-state index contributed by atoms with van der Waals surface area (Å²) in [7, 11) is 3.28. The molecule has 0 saturated heterocycles. The van der Waals surface area contributed by atoms with Crippen molar-refractivity contribution in [3.63, 3.8) is 0 Å². The van der Waals surface area contributed by atoms with Crippen LogP contribution in [-0.4, -0.2) is 29.2 Å². The Hall–Kier alpha value is -3.26. The summed E-state index contributed by atoms with van der Waals surface area (Å²) >= 11 is 0. The Balaban J connectivity index is 1.80. The molecule has 0 aliphatic rings. The van der Waals surface area contributed by atoms with E-state index in [1.165, 1.54) is 0 Å². The lowest BCUT2D eigenvalue weighted by Crippen LogP contribution is -2.01. The molecule has 1 heterocycles. The first-order valence-corrected chi connectivity index (χ1v) is 7.87. The van der Waals surface area contributed by atoms with Crippen molar-refractivity contribution in [2.75, 3.05) is 14.2 Å². The van der Waals surface area contributed by atoms with Gasteiger partial charge in [0.15, 0.2) is 0 Å². The van der Waals surface area contributed by atoms with Crippen LogP contribution in [0.3, 0.4) is 0 Å². The molecular formula is C20H19N3O2. The molecule has 0 N–H and O–H groups in total. The Labute approximate surface area is 147 Å². The van der Waals surface area contributed by atoms with Crippen LogP contribution in [0.25, 0.3) is 11.3 Å². The molecular weight excluding hydrogens is 314 g/mol. The Morgan fingerprint density at radius 3 is 2.28 bits per heavy atom. The third-order valence-electron chi connectivity index (χ3n) is 3.74. The van der Waals surface area contributed by atoms with Crippen molar-refractivity contribution in [3.05, 3.63) is 59.8 Å². The van der Waals surface area contributed by atoms with Crippen molar-refractivity contribution in [1.82, 2.24) is 15.0 Å². The fourth-order valence-corrected chi connectivity index (χ4v) is 2.52. The summed E-state index contributed by atoms with van der Waals surface area (Å²) in [6, 6.07) is 13.7. The lowest BCUT2D eigenvalue weighted by Gasteiger charge is -2.08. The average molecular weight is 333 g/mol. The van der Waals surface area contributed by atoms with Gasteiger partial charge in [-0.25, -0.2) is 4.68 Å². The van der Waals surface area contributed by atoms with Crippen molar-refractivity contribution < 1.29 is 9.47 Å². The second-order valence-electron chi connectivity index (χ2n) is 5.47. The fourth-order valence-electron chi connectivity index (χ4n) is 2.52. The van der Waals surface area contributed by atoms with E-state index in [4.69, 9.17) is 9.47 Å². The third-order valence-corrected chi connectivity index (χ3v) is 3.74. The highest BCUT2D eigenvalue weighted by atomic mass is 16.5. The molecule has 0 bridgehead atoms. The average Bonchev–Trinajstić information content (AvgIpc) is 3.10. The zero-order chi connectivity index (χ0) is 17.6. The van der Waals surface area contributed by atoms with Gasteiger partial charge in [-0.15, -0.1) is 11.0 Å². The summed E-state index contributed by atoms with van der Waals surface area (Å²) in [5.41, 5.74) is 3.85. The van der Waals surface area contributed by atoms with Gasteiger partial charge in [-0.05, 0) is 36.8 Å². The quantitative estimate of drug-likeness (QED) is 0.672. The molecule has 0 aliphatic heterocycles. The van der Waals surface area contributed by atoms with E-state index in [1.807, 2.05) is 55.6 Å². The Morgan fingerprint density at radius 2 is 1.68 bits per heavy atom. The first-order chi connectivity index (χ1) is 12.2. The summed E-state index contributed by atoms with van der Waals surface area (Å²) in [5.74, 6) is 7.43. The molecule has 5 heteroatoms. The zero-order valence-corrected chi connectivity index (χ0v) is 14.5. The van der Waals surface area contributed by atoms with Gasteiger partial charge in [0.05, 0.1) is 27.0 Å². The van der Waals surface area contributed by atoms with E-state index in [0.29, 0.717) is 6.54 Å². The van der Waals surface area contributed by atoms with Crippen LogP contribution in [0, 0.1) is 11.8 Å². The number of hydrogen-bond donors (Lipinski definition) is 0. The largest absolute Gasteiger partial charge is 0.497 e. The van der Waals surface area contributed by atoms with Gasteiger partial charge in [0, 0.05) is 17.2 Å². The summed E-state index contributed by atoms with van der Waals surface area (Å²) in [4.78, 5) is 0. The molecule has 2 aromatic carbocycles. The van der Waals surface area contributed by atoms with E-state index in [0.717, 1.165) is 33.9 Å². The number of benzene rings is 2. The first-order valence-electron chi connectivity index (χ1n) is 7.87. The van der Waals surface area contributed by atoms with Crippen molar-refractivity contribution in [1.29, 1.82) is 0 Å². The molecule has 25 heavy (non-hydrogen) atoms. The molecule has 0 unspecified atom stereocenters. The molecule has 0 aliphatic carbocycles. The standard InChI is InChI=1S/C20H19N3O2/c1-4-5-15-6-8-17(9-7-15)20-14-23(22-21-20)13-16-10-18(24-2)12-19(11-16)25-3/h6-12,14H,13H2,1-3H3. The minimum Gasteiger partial charge on any atom is -0.497 e. The molecule has 0 spiro atoms. The maximum atomic E-state index is 5.30. The normalized spacial score (nSPS) is 10.0. The Morgan fingerprint density at radius 1 is 1.00 bits per heavy atom. The Kier molecular flexibility index (Phi) is 5.00. The summed E-state index contributed by atoms with van der Waals surface area (Å²) in [6.45, 7) is 2.41. The molecule has 3 rings (SSSR count). The molecule has 5 nitrogen and oxygen atoms in total. The van der Waals surface area contributed by atoms with E-state index in [9.17, 15) is 0 Å². The van der Waals surface area contributed by atoms with Crippen LogP contribution < -0.4 is 9.47 Å². The van der Waals surface area contributed by atoms with E-state index in [2.05, 4.69) is 22.2 Å². The highest BCUT2D eigenvalue weighted by Gasteiger charge is 2.07. The summed E-state index contributed by atoms with van der Waals surface area (Å²) in [5, 5.41) is 8.47. The third kappa shape index (κ3) is 3.99. The molecule has 3 aromatic rings. The number of rotatable bonds is 5. The molecule has 126 valence electrons. The van der Waals surface area contributed by atoms with Crippen molar-refractivity contribution >= 4 is 0 Å². The minimum absolute atomic E-state index is 0.583. The number of nitrogens with zero attached hydrogens (tertiary/aromatic N) is 3. The predicted octanol–water partition coefficient (Wildman–Crippen LogP) is 3.38. The van der Waals surface area contributed by atoms with Gasteiger partial charge in [-0.3, -0.25) is 0 Å². The summed E-state index contributed by atoms with van der Waals surface area (Å²) in [6.07, 6.45) is 1.92. The van der Waals surface area contributed by atoms with Gasteiger partial charge in [-0.1, -0.05) is 23.3 Å². The van der Waals surface area contributed by atoms with Crippen molar-refractivity contribution in [2.24, 2.45) is 0 Å². The summed E-state index contributed by atoms with van der Waals surface area (Å²) < 4.78 is 12.4. The van der Waals surface area contributed by atoms with Crippen LogP contribution >= 0.6 is 0 Å². The van der Waals surface area contributed by atoms with E-state index in [1.54, 1.807) is 18.9 Å². The lowest BCUT2D eigenvalue weighted by molar-refractivity contribution is 0.393. The number of hydrogen-bond acceptors (Lipinski definition) is 4. The number of methoxy groups -OCH3 is 2. The highest BCUT2D eigenvalue weighted by molar-refractivity contribution is 5.59. The van der Waals surface area contributed by atoms with Crippen molar-refractivity contribution in [2.45, 2.75) is 13.5 Å². The fraction of sp³-hybridized carbons (Fsp3) is 0.200. The zero-order valence-electron chi connectivity index (χ0n) is 14.5. The van der Waals surface area contributed by atoms with Gasteiger partial charge in [0.25, 0.3) is 0 Å². The van der Waals surface area contributed by atoms with Crippen LogP contribution in [0.15, 0.2) is 48.7 Å². The van der Waals surface area contributed by atoms with Gasteiger partial charge in [-0.2, -0.15) is 0 Å². The molecule has 0 amide bonds. The first kappa shape index (κ1) is 16.6. The molecule has 0 radical (unpaired) electrons. The van der Waals surface area contributed by atoms with E-state index < -0.39 is 0 Å². The minimum atomic E-state index is 0.583. The maximum Gasteiger partial charge on any atom is 0.122 e. The van der Waals surface area contributed by atoms with Crippen LogP contribution in [0.2, 0.25) is 0 Å². The van der Waals surface area contributed by atoms with E-state index in [-0.39, 0.29) is 0 Å². The van der Waals surface area contributed by atoms with Crippen LogP contribution in [0.4, 0.5) is 0 Å².